The third kappa shape index (κ3) is 4.37. The first kappa shape index (κ1) is 18.5. The second kappa shape index (κ2) is 8.85. The Morgan fingerprint density at radius 3 is 2.55 bits per heavy atom. The molecule has 5 heteroatoms. The molecule has 1 spiro atoms. The number of benzene rings is 1. The van der Waals surface area contributed by atoms with E-state index < -0.39 is 20.8 Å². The molecule has 120 valence electrons. The number of rotatable bonds is 2. The molecule has 2 saturated carbocycles. The summed E-state index contributed by atoms with van der Waals surface area (Å²) in [7, 11) is 9.87. The molecule has 22 heavy (non-hydrogen) atoms. The summed E-state index contributed by atoms with van der Waals surface area (Å²) < 4.78 is 0. The molecule has 2 nitrogen and oxygen atoms in total. The fourth-order valence-corrected chi connectivity index (χ4v) is 3.97. The Labute approximate surface area is 152 Å². The van der Waals surface area contributed by atoms with Gasteiger partial charge in [-0.05, 0) is 49.7 Å². The average molecular weight is 420 g/mol. The topological polar surface area (TPSA) is 32.6 Å². The molecular weight excluding hydrogens is 396 g/mol. The molecule has 0 aromatic heterocycles. The number of phenols is 1. The van der Waals surface area contributed by atoms with Crippen molar-refractivity contribution in [3.63, 3.8) is 0 Å². The van der Waals surface area contributed by atoms with Crippen LogP contribution in [0.1, 0.15) is 56.1 Å². The van der Waals surface area contributed by atoms with Crippen LogP contribution in [0.25, 0.3) is 0 Å². The van der Waals surface area contributed by atoms with E-state index in [1.807, 2.05) is 31.3 Å². The van der Waals surface area contributed by atoms with Gasteiger partial charge in [-0.15, -0.1) is 0 Å². The van der Waals surface area contributed by atoms with E-state index in [9.17, 15) is 5.11 Å². The predicted molar refractivity (Wildman–Crippen MR) is 90.7 cm³/mol. The van der Waals surface area contributed by atoms with Crippen molar-refractivity contribution >= 4 is 23.2 Å². The zero-order valence-electron chi connectivity index (χ0n) is 13.0. The van der Waals surface area contributed by atoms with Crippen molar-refractivity contribution in [1.29, 1.82) is 0 Å². The first-order chi connectivity index (χ1) is 10.6. The van der Waals surface area contributed by atoms with E-state index in [0.717, 1.165) is 11.1 Å². The number of hydrogen-bond acceptors (Lipinski definition) is 2. The third-order valence-electron chi connectivity index (χ3n) is 5.12. The fourth-order valence-electron chi connectivity index (χ4n) is 3.97. The van der Waals surface area contributed by atoms with Crippen LogP contribution in [0, 0.1) is 12.3 Å². The second-order valence-electron chi connectivity index (χ2n) is 6.34. The molecule has 0 saturated heterocycles. The molecule has 0 radical (unpaired) electrons. The van der Waals surface area contributed by atoms with Crippen molar-refractivity contribution in [2.75, 3.05) is 0 Å². The SMILES string of the molecule is Cc1cccc(C=NC2CCCC23CCCC3)c1O.[Cl][Zr][Cl]. The van der Waals surface area contributed by atoms with Crippen molar-refractivity contribution in [3.05, 3.63) is 29.3 Å². The minimum atomic E-state index is -0.826. The third-order valence-corrected chi connectivity index (χ3v) is 5.12. The van der Waals surface area contributed by atoms with Crippen LogP contribution in [0.5, 0.6) is 5.75 Å². The first-order valence-corrected chi connectivity index (χ1v) is 14.2. The van der Waals surface area contributed by atoms with Crippen LogP contribution in [0.3, 0.4) is 0 Å². The van der Waals surface area contributed by atoms with E-state index in [-0.39, 0.29) is 0 Å². The van der Waals surface area contributed by atoms with E-state index in [0.29, 0.717) is 17.2 Å². The Balaban J connectivity index is 0.000000545. The van der Waals surface area contributed by atoms with Gasteiger partial charge < -0.3 is 5.11 Å². The van der Waals surface area contributed by atoms with Crippen LogP contribution in [0.2, 0.25) is 0 Å². The Bertz CT molecular complexity index is 510. The monoisotopic (exact) mass is 417 g/mol. The number of phenolic OH excluding ortho intramolecular Hbond substituents is 1. The molecule has 1 atom stereocenters. The molecular formula is C17H23Cl2NOZr. The zero-order chi connectivity index (χ0) is 16.0. The number of para-hydroxylation sites is 1. The molecule has 2 fully saturated rings. The predicted octanol–water partition coefficient (Wildman–Crippen LogP) is 5.61. The van der Waals surface area contributed by atoms with E-state index >= 15 is 0 Å². The van der Waals surface area contributed by atoms with E-state index in [2.05, 4.69) is 0 Å². The van der Waals surface area contributed by atoms with E-state index in [1.165, 1.54) is 44.9 Å². The van der Waals surface area contributed by atoms with Crippen LogP contribution in [-0.4, -0.2) is 17.4 Å². The maximum absolute atomic E-state index is 10.0. The quantitative estimate of drug-likeness (QED) is 0.621. The molecule has 1 N–H and O–H groups in total. The summed E-state index contributed by atoms with van der Waals surface area (Å²) in [6.45, 7) is 1.93. The molecule has 1 unspecified atom stereocenters. The minimum absolute atomic E-state index is 0.379. The summed E-state index contributed by atoms with van der Waals surface area (Å²) in [4.78, 5) is 4.85. The summed E-state index contributed by atoms with van der Waals surface area (Å²) in [5.74, 6) is 0.379. The van der Waals surface area contributed by atoms with E-state index in [1.54, 1.807) is 0 Å². The van der Waals surface area contributed by atoms with Gasteiger partial charge in [0, 0.05) is 11.8 Å². The Morgan fingerprint density at radius 1 is 1.23 bits per heavy atom. The van der Waals surface area contributed by atoms with Crippen LogP contribution in [0.4, 0.5) is 0 Å². The average Bonchev–Trinajstić information content (AvgIpc) is 3.13. The Hall–Kier alpha value is 0.153. The number of aryl methyl sites for hydroxylation is 1. The van der Waals surface area contributed by atoms with Gasteiger partial charge in [-0.2, -0.15) is 0 Å². The van der Waals surface area contributed by atoms with Gasteiger partial charge in [0.15, 0.2) is 0 Å². The molecule has 0 aliphatic heterocycles. The fraction of sp³-hybridized carbons (Fsp3) is 0.588. The number of hydrogen-bond donors (Lipinski definition) is 1. The molecule has 1 aromatic rings. The van der Waals surface area contributed by atoms with Crippen molar-refractivity contribution in [1.82, 2.24) is 0 Å². The Kier molecular flexibility index (Phi) is 7.44. The van der Waals surface area contributed by atoms with E-state index in [4.69, 9.17) is 22.0 Å². The number of nitrogens with zero attached hydrogens (tertiary/aromatic N) is 1. The molecule has 0 amide bonds. The van der Waals surface area contributed by atoms with Crippen LogP contribution >= 0.6 is 17.0 Å². The van der Waals surface area contributed by atoms with Gasteiger partial charge in [0.1, 0.15) is 5.75 Å². The van der Waals surface area contributed by atoms with Crippen molar-refractivity contribution in [3.8, 4) is 5.75 Å². The summed E-state index contributed by atoms with van der Waals surface area (Å²) in [5.41, 5.74) is 2.28. The number of aliphatic imine (C=N–C) groups is 1. The standard InChI is InChI=1S/C17H23NO.2ClH.Zr/c1-13-6-4-7-14(16(13)19)12-18-15-8-5-11-17(15)9-2-3-10-17;;;/h4,6-7,12,15,19H,2-3,5,8-11H2,1H3;2*1H;/q;;;+2/p-2. The number of aromatic hydroxyl groups is 1. The molecule has 2 aliphatic rings. The van der Waals surface area contributed by atoms with Crippen LogP contribution < -0.4 is 0 Å². The molecule has 0 heterocycles. The molecule has 0 bridgehead atoms. The van der Waals surface area contributed by atoms with Gasteiger partial charge in [-0.1, -0.05) is 31.4 Å². The normalized spacial score (nSPS) is 22.8. The summed E-state index contributed by atoms with van der Waals surface area (Å²) in [6.07, 6.45) is 11.3. The summed E-state index contributed by atoms with van der Waals surface area (Å²) in [6, 6.07) is 6.34. The maximum atomic E-state index is 10.0. The van der Waals surface area contributed by atoms with Gasteiger partial charge in [0.25, 0.3) is 0 Å². The van der Waals surface area contributed by atoms with Gasteiger partial charge >= 0.3 is 37.9 Å². The van der Waals surface area contributed by atoms with Gasteiger partial charge in [-0.3, -0.25) is 4.99 Å². The molecule has 1 aromatic carbocycles. The van der Waals surface area contributed by atoms with Crippen molar-refractivity contribution in [2.24, 2.45) is 10.4 Å². The summed E-state index contributed by atoms with van der Waals surface area (Å²) >= 11 is -0.826. The Morgan fingerprint density at radius 2 is 1.86 bits per heavy atom. The number of halogens is 2. The zero-order valence-corrected chi connectivity index (χ0v) is 17.0. The van der Waals surface area contributed by atoms with Crippen molar-refractivity contribution in [2.45, 2.75) is 57.9 Å². The van der Waals surface area contributed by atoms with Gasteiger partial charge in [0.2, 0.25) is 0 Å². The van der Waals surface area contributed by atoms with Crippen molar-refractivity contribution < 1.29 is 26.0 Å². The molecule has 2 aliphatic carbocycles. The summed E-state index contributed by atoms with van der Waals surface area (Å²) in [5, 5.41) is 10.0. The van der Waals surface area contributed by atoms with Crippen LogP contribution in [0.15, 0.2) is 23.2 Å². The second-order valence-corrected chi connectivity index (χ2v) is 10.1. The van der Waals surface area contributed by atoms with Crippen LogP contribution in [-0.2, 0) is 20.8 Å². The first-order valence-electron chi connectivity index (χ1n) is 7.91. The van der Waals surface area contributed by atoms with Gasteiger partial charge in [-0.25, -0.2) is 0 Å². The van der Waals surface area contributed by atoms with Gasteiger partial charge in [0.05, 0.1) is 6.04 Å². The molecule has 3 rings (SSSR count).